The highest BCUT2D eigenvalue weighted by atomic mass is 16.5. The fraction of sp³-hybridized carbons (Fsp3) is 0.241. The van der Waals surface area contributed by atoms with Gasteiger partial charge in [-0.15, -0.1) is 0 Å². The van der Waals surface area contributed by atoms with E-state index in [-0.39, 0.29) is 11.5 Å². The minimum Gasteiger partial charge on any atom is -0.462 e. The van der Waals surface area contributed by atoms with Crippen LogP contribution in [-0.4, -0.2) is 13.1 Å². The van der Waals surface area contributed by atoms with E-state index >= 15 is 0 Å². The molecule has 3 heterocycles. The van der Waals surface area contributed by atoms with Crippen molar-refractivity contribution >= 4 is 11.8 Å². The fourth-order valence-electron chi connectivity index (χ4n) is 5.19. The standard InChI is InChI=1S/C29H25N3O/c1-20-15-23(24(18-30)19-31)17-28(33-20)27(16-21-7-3-2-4-8-21)25-12-14-32-13-6-10-22-9-5-11-26(25)29(22)32/h2-5,7-9,11,15-17,25H,6,10,12-14H2,1H3. The molecule has 0 spiro atoms. The van der Waals surface area contributed by atoms with Crippen LogP contribution in [0, 0.1) is 22.7 Å². The minimum absolute atomic E-state index is 0.0983. The number of allylic oxidation sites excluding steroid dienone is 6. The smallest absolute Gasteiger partial charge is 0.137 e. The molecule has 0 fully saturated rings. The highest BCUT2D eigenvalue weighted by molar-refractivity contribution is 5.70. The van der Waals surface area contributed by atoms with Crippen molar-refractivity contribution in [2.24, 2.45) is 0 Å². The van der Waals surface area contributed by atoms with Crippen LogP contribution in [0.2, 0.25) is 0 Å². The second kappa shape index (κ2) is 8.85. The molecule has 0 radical (unpaired) electrons. The monoisotopic (exact) mass is 431 g/mol. The molecular weight excluding hydrogens is 406 g/mol. The molecule has 4 nitrogen and oxygen atoms in total. The molecule has 0 N–H and O–H groups in total. The van der Waals surface area contributed by atoms with Gasteiger partial charge < -0.3 is 9.64 Å². The van der Waals surface area contributed by atoms with E-state index in [9.17, 15) is 10.5 Å². The normalized spacial score (nSPS) is 19.4. The maximum atomic E-state index is 9.45. The van der Waals surface area contributed by atoms with Crippen molar-refractivity contribution in [3.8, 4) is 12.1 Å². The molecule has 1 atom stereocenters. The van der Waals surface area contributed by atoms with Crippen LogP contribution in [0.3, 0.4) is 0 Å². The Morgan fingerprint density at radius 3 is 2.64 bits per heavy atom. The van der Waals surface area contributed by atoms with E-state index in [4.69, 9.17) is 4.74 Å². The van der Waals surface area contributed by atoms with Gasteiger partial charge in [-0.25, -0.2) is 0 Å². The third kappa shape index (κ3) is 3.97. The van der Waals surface area contributed by atoms with E-state index in [0.717, 1.165) is 37.1 Å². The van der Waals surface area contributed by atoms with Crippen molar-refractivity contribution in [3.63, 3.8) is 0 Å². The van der Waals surface area contributed by atoms with Crippen molar-refractivity contribution in [1.29, 1.82) is 10.5 Å². The highest BCUT2D eigenvalue weighted by Gasteiger charge is 2.33. The maximum Gasteiger partial charge on any atom is 0.137 e. The Bertz CT molecular complexity index is 1280. The topological polar surface area (TPSA) is 60.0 Å². The molecule has 5 rings (SSSR count). The van der Waals surface area contributed by atoms with E-state index in [1.807, 2.05) is 43.3 Å². The highest BCUT2D eigenvalue weighted by Crippen LogP contribution is 2.46. The van der Waals surface area contributed by atoms with Crippen LogP contribution in [-0.2, 0) is 11.2 Å². The van der Waals surface area contributed by atoms with Gasteiger partial charge in [0.1, 0.15) is 29.2 Å². The Hall–Kier alpha value is -4.02. The Kier molecular flexibility index (Phi) is 5.59. The molecule has 3 aliphatic rings. The molecule has 4 heteroatoms. The molecule has 0 aromatic heterocycles. The SMILES string of the molecule is CC1=CC(=C(C#N)C#N)C=C(C(=Cc2ccccc2)C2CCN3CCCc4cccc2c43)O1. The van der Waals surface area contributed by atoms with Crippen LogP contribution in [0.5, 0.6) is 0 Å². The number of hydrogen-bond donors (Lipinski definition) is 0. The average Bonchev–Trinajstić information content (AvgIpc) is 2.85. The van der Waals surface area contributed by atoms with Gasteiger partial charge in [-0.3, -0.25) is 0 Å². The van der Waals surface area contributed by atoms with Gasteiger partial charge in [-0.1, -0.05) is 48.5 Å². The predicted octanol–water partition coefficient (Wildman–Crippen LogP) is 6.17. The fourth-order valence-corrected chi connectivity index (χ4v) is 5.19. The van der Waals surface area contributed by atoms with E-state index in [1.165, 1.54) is 23.2 Å². The van der Waals surface area contributed by atoms with Crippen LogP contribution in [0.4, 0.5) is 5.69 Å². The summed E-state index contributed by atoms with van der Waals surface area (Å²) in [5, 5.41) is 18.9. The summed E-state index contributed by atoms with van der Waals surface area (Å²) in [5.74, 6) is 1.56. The molecule has 0 bridgehead atoms. The van der Waals surface area contributed by atoms with Crippen LogP contribution < -0.4 is 4.90 Å². The van der Waals surface area contributed by atoms with Crippen LogP contribution >= 0.6 is 0 Å². The first-order chi connectivity index (χ1) is 16.2. The molecule has 162 valence electrons. The van der Waals surface area contributed by atoms with Gasteiger partial charge in [0.25, 0.3) is 0 Å². The Morgan fingerprint density at radius 1 is 1.03 bits per heavy atom. The molecule has 2 aromatic carbocycles. The van der Waals surface area contributed by atoms with Gasteiger partial charge >= 0.3 is 0 Å². The first-order valence-corrected chi connectivity index (χ1v) is 11.4. The maximum absolute atomic E-state index is 9.45. The number of hydrogen-bond acceptors (Lipinski definition) is 4. The summed E-state index contributed by atoms with van der Waals surface area (Å²) in [7, 11) is 0. The van der Waals surface area contributed by atoms with Crippen LogP contribution in [0.25, 0.3) is 6.08 Å². The second-order valence-electron chi connectivity index (χ2n) is 8.72. The molecule has 1 unspecified atom stereocenters. The van der Waals surface area contributed by atoms with Crippen molar-refractivity contribution in [3.05, 3.63) is 106 Å². The molecule has 2 aromatic rings. The lowest BCUT2D eigenvalue weighted by molar-refractivity contribution is 0.306. The predicted molar refractivity (Wildman–Crippen MR) is 130 cm³/mol. The number of aryl methyl sites for hydroxylation is 1. The minimum atomic E-state index is 0.0983. The number of nitrogens with zero attached hydrogens (tertiary/aromatic N) is 3. The number of rotatable bonds is 3. The Balaban J connectivity index is 1.68. The van der Waals surface area contributed by atoms with Gasteiger partial charge in [0, 0.05) is 35.8 Å². The molecule has 3 aliphatic heterocycles. The van der Waals surface area contributed by atoms with Crippen molar-refractivity contribution < 1.29 is 4.74 Å². The molecule has 0 amide bonds. The average molecular weight is 432 g/mol. The summed E-state index contributed by atoms with van der Waals surface area (Å²) < 4.78 is 6.24. The number of para-hydroxylation sites is 1. The van der Waals surface area contributed by atoms with Gasteiger partial charge in [0.2, 0.25) is 0 Å². The third-order valence-electron chi connectivity index (χ3n) is 6.61. The largest absolute Gasteiger partial charge is 0.462 e. The van der Waals surface area contributed by atoms with E-state index in [0.29, 0.717) is 17.1 Å². The summed E-state index contributed by atoms with van der Waals surface area (Å²) in [4.78, 5) is 2.53. The molecule has 0 saturated heterocycles. The zero-order chi connectivity index (χ0) is 22.8. The van der Waals surface area contributed by atoms with Crippen molar-refractivity contribution in [2.75, 3.05) is 18.0 Å². The van der Waals surface area contributed by atoms with Gasteiger partial charge in [-0.2, -0.15) is 10.5 Å². The molecule has 33 heavy (non-hydrogen) atoms. The number of anilines is 1. The second-order valence-corrected chi connectivity index (χ2v) is 8.72. The van der Waals surface area contributed by atoms with Gasteiger partial charge in [-0.05, 0) is 61.1 Å². The number of ether oxygens (including phenoxy) is 1. The van der Waals surface area contributed by atoms with Crippen molar-refractivity contribution in [1.82, 2.24) is 0 Å². The Labute approximate surface area is 195 Å². The van der Waals surface area contributed by atoms with E-state index in [2.05, 4.69) is 41.3 Å². The summed E-state index contributed by atoms with van der Waals surface area (Å²) in [6.45, 7) is 3.98. The lowest BCUT2D eigenvalue weighted by Crippen LogP contribution is -2.36. The number of benzene rings is 2. The molecule has 0 saturated carbocycles. The first kappa shape index (κ1) is 20.9. The van der Waals surface area contributed by atoms with Crippen LogP contribution in [0.15, 0.2) is 88.9 Å². The third-order valence-corrected chi connectivity index (χ3v) is 6.61. The molecule has 0 aliphatic carbocycles. The van der Waals surface area contributed by atoms with Gasteiger partial charge in [0.05, 0.1) is 0 Å². The molecular formula is C29H25N3O. The lowest BCUT2D eigenvalue weighted by Gasteiger charge is -2.41. The summed E-state index contributed by atoms with van der Waals surface area (Å²) in [6.07, 6.45) is 9.12. The summed E-state index contributed by atoms with van der Waals surface area (Å²) >= 11 is 0. The Morgan fingerprint density at radius 2 is 1.85 bits per heavy atom. The quantitative estimate of drug-likeness (QED) is 0.545. The van der Waals surface area contributed by atoms with Crippen LogP contribution in [0.1, 0.15) is 42.4 Å². The zero-order valence-electron chi connectivity index (χ0n) is 18.7. The van der Waals surface area contributed by atoms with E-state index in [1.54, 1.807) is 6.08 Å². The lowest BCUT2D eigenvalue weighted by atomic mass is 9.79. The van der Waals surface area contributed by atoms with E-state index < -0.39 is 0 Å². The first-order valence-electron chi connectivity index (χ1n) is 11.4. The number of nitriles is 2. The van der Waals surface area contributed by atoms with Crippen molar-refractivity contribution in [2.45, 2.75) is 32.1 Å². The zero-order valence-corrected chi connectivity index (χ0v) is 18.7. The van der Waals surface area contributed by atoms with Gasteiger partial charge in [0.15, 0.2) is 0 Å². The summed E-state index contributed by atoms with van der Waals surface area (Å²) in [5.41, 5.74) is 7.03. The summed E-state index contributed by atoms with van der Waals surface area (Å²) in [6, 6.07) is 21.0.